The Bertz CT molecular complexity index is 1170. The van der Waals surface area contributed by atoms with Gasteiger partial charge in [-0.3, -0.25) is 13.9 Å². The van der Waals surface area contributed by atoms with Gasteiger partial charge in [-0.25, -0.2) is 8.42 Å². The first-order valence-electron chi connectivity index (χ1n) is 11.8. The average molecular weight is 557 g/mol. The molecule has 0 aliphatic carbocycles. The van der Waals surface area contributed by atoms with Gasteiger partial charge in [0.15, 0.2) is 0 Å². The summed E-state index contributed by atoms with van der Waals surface area (Å²) >= 11 is 12.4. The van der Waals surface area contributed by atoms with Crippen LogP contribution in [0, 0.1) is 0 Å². The number of nitrogens with zero attached hydrogens (tertiary/aromatic N) is 2. The molecule has 2 aromatic carbocycles. The van der Waals surface area contributed by atoms with Crippen molar-refractivity contribution >= 4 is 50.7 Å². The van der Waals surface area contributed by atoms with Crippen molar-refractivity contribution in [1.29, 1.82) is 0 Å². The molecule has 0 spiro atoms. The lowest BCUT2D eigenvalue weighted by Crippen LogP contribution is -2.53. The van der Waals surface area contributed by atoms with Crippen molar-refractivity contribution < 1.29 is 18.0 Å². The van der Waals surface area contributed by atoms with Gasteiger partial charge in [0.25, 0.3) is 0 Å². The van der Waals surface area contributed by atoms with Gasteiger partial charge in [-0.05, 0) is 63.4 Å². The molecule has 0 aliphatic rings. The fourth-order valence-electron chi connectivity index (χ4n) is 3.82. The van der Waals surface area contributed by atoms with Crippen LogP contribution in [0.15, 0.2) is 48.5 Å². The third-order valence-electron chi connectivity index (χ3n) is 5.43. The topological polar surface area (TPSA) is 86.8 Å². The molecule has 7 nitrogen and oxygen atoms in total. The number of halogens is 2. The maximum atomic E-state index is 13.5. The number of sulfonamides is 1. The first-order valence-corrected chi connectivity index (χ1v) is 14.4. The van der Waals surface area contributed by atoms with Gasteiger partial charge in [0, 0.05) is 35.1 Å². The number of carbonyl (C=O) groups excluding carboxylic acids is 2. The van der Waals surface area contributed by atoms with E-state index in [1.807, 2.05) is 39.8 Å². The van der Waals surface area contributed by atoms with Crippen LogP contribution in [0.4, 0.5) is 5.69 Å². The fourth-order valence-corrected chi connectivity index (χ4v) is 5.15. The summed E-state index contributed by atoms with van der Waals surface area (Å²) in [5.74, 6) is -0.507. The number of amides is 2. The van der Waals surface area contributed by atoms with E-state index < -0.39 is 21.6 Å². The zero-order valence-corrected chi connectivity index (χ0v) is 23.8. The van der Waals surface area contributed by atoms with E-state index >= 15 is 0 Å². The molecule has 1 N–H and O–H groups in total. The molecular weight excluding hydrogens is 521 g/mol. The molecule has 0 aromatic heterocycles. The Morgan fingerprint density at radius 3 is 2.28 bits per heavy atom. The SMILES string of the molecule is CC[C@H](C(=O)NC(C)(C)C)N(Cc1ccccc1Cl)C(=O)CCCN(c1cccc(Cl)c1)S(C)(=O)=O. The van der Waals surface area contributed by atoms with Crippen LogP contribution in [0.5, 0.6) is 0 Å². The number of rotatable bonds is 11. The van der Waals surface area contributed by atoms with E-state index in [9.17, 15) is 18.0 Å². The molecule has 0 unspecified atom stereocenters. The maximum absolute atomic E-state index is 13.5. The molecule has 2 rings (SSSR count). The number of hydrogen-bond acceptors (Lipinski definition) is 4. The van der Waals surface area contributed by atoms with E-state index in [0.717, 1.165) is 11.8 Å². The summed E-state index contributed by atoms with van der Waals surface area (Å²) in [5.41, 5.74) is 0.698. The molecule has 2 amide bonds. The summed E-state index contributed by atoms with van der Waals surface area (Å²) in [7, 11) is -3.59. The highest BCUT2D eigenvalue weighted by atomic mass is 35.5. The van der Waals surface area contributed by atoms with Gasteiger partial charge in [-0.15, -0.1) is 0 Å². The molecule has 0 aliphatic heterocycles. The first-order chi connectivity index (χ1) is 16.7. The van der Waals surface area contributed by atoms with Crippen LogP contribution in [0.3, 0.4) is 0 Å². The molecule has 0 saturated carbocycles. The summed E-state index contributed by atoms with van der Waals surface area (Å²) in [6.45, 7) is 7.76. The second-order valence-electron chi connectivity index (χ2n) is 9.69. The van der Waals surface area contributed by atoms with Crippen LogP contribution in [-0.2, 0) is 26.2 Å². The highest BCUT2D eigenvalue weighted by Crippen LogP contribution is 2.24. The van der Waals surface area contributed by atoms with Crippen molar-refractivity contribution in [3.8, 4) is 0 Å². The van der Waals surface area contributed by atoms with E-state index in [1.165, 1.54) is 9.21 Å². The van der Waals surface area contributed by atoms with Crippen molar-refractivity contribution in [2.75, 3.05) is 17.1 Å². The smallest absolute Gasteiger partial charge is 0.243 e. The molecule has 0 radical (unpaired) electrons. The molecule has 0 saturated heterocycles. The van der Waals surface area contributed by atoms with Crippen molar-refractivity contribution in [2.45, 2.75) is 65.1 Å². The predicted octanol–water partition coefficient (Wildman–Crippen LogP) is 5.26. The second-order valence-corrected chi connectivity index (χ2v) is 12.4. The summed E-state index contributed by atoms with van der Waals surface area (Å²) in [4.78, 5) is 28.1. The van der Waals surface area contributed by atoms with Crippen molar-refractivity contribution in [3.63, 3.8) is 0 Å². The molecule has 10 heteroatoms. The Morgan fingerprint density at radius 1 is 1.06 bits per heavy atom. The average Bonchev–Trinajstić information content (AvgIpc) is 2.75. The Labute approximate surface area is 224 Å². The van der Waals surface area contributed by atoms with Gasteiger partial charge in [0.05, 0.1) is 11.9 Å². The number of carbonyl (C=O) groups is 2. The first kappa shape index (κ1) is 29.9. The predicted molar refractivity (Wildman–Crippen MR) is 147 cm³/mol. The Kier molecular flexibility index (Phi) is 10.6. The van der Waals surface area contributed by atoms with Crippen molar-refractivity contribution in [2.24, 2.45) is 0 Å². The van der Waals surface area contributed by atoms with Gasteiger partial charge < -0.3 is 10.2 Å². The Morgan fingerprint density at radius 2 is 1.72 bits per heavy atom. The van der Waals surface area contributed by atoms with E-state index in [4.69, 9.17) is 23.2 Å². The monoisotopic (exact) mass is 555 g/mol. The van der Waals surface area contributed by atoms with Crippen molar-refractivity contribution in [3.05, 3.63) is 64.1 Å². The second kappa shape index (κ2) is 12.8. The van der Waals surface area contributed by atoms with Crippen LogP contribution in [0.2, 0.25) is 10.0 Å². The fraction of sp³-hybridized carbons (Fsp3) is 0.462. The zero-order chi connectivity index (χ0) is 27.1. The lowest BCUT2D eigenvalue weighted by molar-refractivity contribution is -0.142. The van der Waals surface area contributed by atoms with E-state index in [2.05, 4.69) is 5.32 Å². The van der Waals surface area contributed by atoms with E-state index in [0.29, 0.717) is 22.2 Å². The van der Waals surface area contributed by atoms with Gasteiger partial charge in [-0.2, -0.15) is 0 Å². The van der Waals surface area contributed by atoms with E-state index in [1.54, 1.807) is 36.4 Å². The lowest BCUT2D eigenvalue weighted by Gasteiger charge is -2.33. The number of hydrogen-bond donors (Lipinski definition) is 1. The van der Waals surface area contributed by atoms with Crippen LogP contribution in [0.25, 0.3) is 0 Å². The standard InChI is InChI=1S/C26H35Cl2N3O4S/c1-6-23(25(33)29-26(2,3)4)30(18-19-11-7-8-14-22(19)28)24(32)15-10-16-31(36(5,34)35)21-13-9-12-20(27)17-21/h7-9,11-14,17,23H,6,10,15-16,18H2,1-5H3,(H,29,33)/t23-/m1/s1. The molecule has 36 heavy (non-hydrogen) atoms. The van der Waals surface area contributed by atoms with Gasteiger partial charge >= 0.3 is 0 Å². The summed E-state index contributed by atoms with van der Waals surface area (Å²) < 4.78 is 26.1. The third kappa shape index (κ3) is 8.98. The number of benzene rings is 2. The van der Waals surface area contributed by atoms with Crippen LogP contribution >= 0.6 is 23.2 Å². The third-order valence-corrected chi connectivity index (χ3v) is 7.23. The molecule has 1 atom stereocenters. The molecule has 198 valence electrons. The minimum absolute atomic E-state index is 0.0519. The lowest BCUT2D eigenvalue weighted by atomic mass is 10.0. The number of anilines is 1. The molecule has 2 aromatic rings. The molecular formula is C26H35Cl2N3O4S. The summed E-state index contributed by atoms with van der Waals surface area (Å²) in [6.07, 6.45) is 1.84. The van der Waals surface area contributed by atoms with Gasteiger partial charge in [0.2, 0.25) is 21.8 Å². The van der Waals surface area contributed by atoms with Gasteiger partial charge in [-0.1, -0.05) is 54.4 Å². The Balaban J connectivity index is 2.25. The highest BCUT2D eigenvalue weighted by Gasteiger charge is 2.31. The maximum Gasteiger partial charge on any atom is 0.243 e. The summed E-state index contributed by atoms with van der Waals surface area (Å²) in [5, 5.41) is 3.88. The molecule has 0 fully saturated rings. The minimum atomic E-state index is -3.59. The van der Waals surface area contributed by atoms with Gasteiger partial charge in [0.1, 0.15) is 6.04 Å². The van der Waals surface area contributed by atoms with Crippen LogP contribution in [-0.4, -0.2) is 49.5 Å². The van der Waals surface area contributed by atoms with Crippen LogP contribution < -0.4 is 9.62 Å². The molecule has 0 bridgehead atoms. The van der Waals surface area contributed by atoms with Crippen molar-refractivity contribution in [1.82, 2.24) is 10.2 Å². The number of nitrogens with one attached hydrogen (secondary N) is 1. The summed E-state index contributed by atoms with van der Waals surface area (Å²) in [6, 6.07) is 13.0. The van der Waals surface area contributed by atoms with E-state index in [-0.39, 0.29) is 37.7 Å². The van der Waals surface area contributed by atoms with Crippen LogP contribution in [0.1, 0.15) is 52.5 Å². The largest absolute Gasteiger partial charge is 0.350 e. The molecule has 0 heterocycles. The normalized spacial score (nSPS) is 12.6. The minimum Gasteiger partial charge on any atom is -0.350 e. The quantitative estimate of drug-likeness (QED) is 0.409. The zero-order valence-electron chi connectivity index (χ0n) is 21.4. The Hall–Kier alpha value is -2.29. The highest BCUT2D eigenvalue weighted by molar-refractivity contribution is 7.92.